The molecule has 0 unspecified atom stereocenters. The third kappa shape index (κ3) is 1.84. The number of hydrogen-bond donors (Lipinski definition) is 0. The fraction of sp³-hybridized carbons (Fsp3) is 0.167. The summed E-state index contributed by atoms with van der Waals surface area (Å²) in [5.41, 5.74) is 3.02. The van der Waals surface area contributed by atoms with Crippen LogP contribution >= 0.6 is 11.3 Å². The molecule has 2 rings (SSSR count). The molecule has 1 aromatic heterocycles. The van der Waals surface area contributed by atoms with Crippen LogP contribution < -0.4 is 4.74 Å². The standard InChI is InChI=1S/C12H11NO2S/c1-8-12(16-7-13-8)11(14)9-5-3-4-6-10(9)15-2/h3-7H,1-2H3. The molecule has 3 nitrogen and oxygen atoms in total. The Labute approximate surface area is 97.7 Å². The fourth-order valence-electron chi connectivity index (χ4n) is 1.47. The Morgan fingerprint density at radius 1 is 1.38 bits per heavy atom. The molecule has 1 heterocycles. The Bertz CT molecular complexity index is 519. The van der Waals surface area contributed by atoms with Gasteiger partial charge < -0.3 is 4.74 Å². The molecule has 4 heteroatoms. The van der Waals surface area contributed by atoms with E-state index in [1.165, 1.54) is 11.3 Å². The zero-order valence-corrected chi connectivity index (χ0v) is 9.88. The molecule has 0 N–H and O–H groups in total. The molecule has 16 heavy (non-hydrogen) atoms. The molecule has 0 spiro atoms. The van der Waals surface area contributed by atoms with Crippen LogP contribution in [-0.4, -0.2) is 17.9 Å². The van der Waals surface area contributed by atoms with Crippen molar-refractivity contribution in [2.24, 2.45) is 0 Å². The van der Waals surface area contributed by atoms with E-state index in [2.05, 4.69) is 4.98 Å². The smallest absolute Gasteiger partial charge is 0.208 e. The maximum Gasteiger partial charge on any atom is 0.208 e. The van der Waals surface area contributed by atoms with E-state index >= 15 is 0 Å². The first-order valence-corrected chi connectivity index (χ1v) is 5.70. The molecule has 0 saturated heterocycles. The maximum absolute atomic E-state index is 12.2. The second-order valence-corrected chi connectivity index (χ2v) is 4.15. The third-order valence-electron chi connectivity index (χ3n) is 2.30. The van der Waals surface area contributed by atoms with Gasteiger partial charge in [-0.3, -0.25) is 4.79 Å². The van der Waals surface area contributed by atoms with Crippen molar-refractivity contribution in [2.45, 2.75) is 6.92 Å². The Morgan fingerprint density at radius 2 is 2.12 bits per heavy atom. The van der Waals surface area contributed by atoms with Gasteiger partial charge in [0.2, 0.25) is 5.78 Å². The number of carbonyl (C=O) groups is 1. The Morgan fingerprint density at radius 3 is 2.75 bits per heavy atom. The van der Waals surface area contributed by atoms with Gasteiger partial charge in [0, 0.05) is 0 Å². The lowest BCUT2D eigenvalue weighted by Gasteiger charge is -2.05. The summed E-state index contributed by atoms with van der Waals surface area (Å²) in [4.78, 5) is 16.9. The van der Waals surface area contributed by atoms with Crippen molar-refractivity contribution in [1.29, 1.82) is 0 Å². The number of methoxy groups -OCH3 is 1. The monoisotopic (exact) mass is 233 g/mol. The van der Waals surface area contributed by atoms with Crippen molar-refractivity contribution >= 4 is 17.1 Å². The van der Waals surface area contributed by atoms with Gasteiger partial charge in [-0.15, -0.1) is 11.3 Å². The molecule has 1 aromatic carbocycles. The number of thiazole rings is 1. The summed E-state index contributed by atoms with van der Waals surface area (Å²) in [5.74, 6) is 0.567. The molecule has 0 bridgehead atoms. The van der Waals surface area contributed by atoms with Crippen LogP contribution in [0.5, 0.6) is 5.75 Å². The van der Waals surface area contributed by atoms with E-state index in [0.717, 1.165) is 5.69 Å². The van der Waals surface area contributed by atoms with Gasteiger partial charge in [0.15, 0.2) is 0 Å². The molecule has 0 aliphatic heterocycles. The molecule has 0 amide bonds. The highest BCUT2D eigenvalue weighted by Crippen LogP contribution is 2.24. The number of aromatic nitrogens is 1. The molecule has 2 aromatic rings. The molecule has 0 fully saturated rings. The van der Waals surface area contributed by atoms with Gasteiger partial charge in [0.25, 0.3) is 0 Å². The first-order valence-electron chi connectivity index (χ1n) is 4.82. The SMILES string of the molecule is COc1ccccc1C(=O)c1scnc1C. The minimum atomic E-state index is -0.0301. The zero-order chi connectivity index (χ0) is 11.5. The normalized spacial score (nSPS) is 10.1. The predicted molar refractivity (Wildman–Crippen MR) is 63.3 cm³/mol. The topological polar surface area (TPSA) is 39.2 Å². The van der Waals surface area contributed by atoms with E-state index in [4.69, 9.17) is 4.74 Å². The number of hydrogen-bond acceptors (Lipinski definition) is 4. The fourth-order valence-corrected chi connectivity index (χ4v) is 2.23. The van der Waals surface area contributed by atoms with E-state index in [-0.39, 0.29) is 5.78 Å². The van der Waals surface area contributed by atoms with Crippen LogP contribution in [0, 0.1) is 6.92 Å². The van der Waals surface area contributed by atoms with Gasteiger partial charge in [-0.2, -0.15) is 0 Å². The number of para-hydroxylation sites is 1. The lowest BCUT2D eigenvalue weighted by Crippen LogP contribution is -2.03. The summed E-state index contributed by atoms with van der Waals surface area (Å²) >= 11 is 1.36. The zero-order valence-electron chi connectivity index (χ0n) is 9.06. The quantitative estimate of drug-likeness (QED) is 0.765. The highest BCUT2D eigenvalue weighted by Gasteiger charge is 2.17. The van der Waals surface area contributed by atoms with E-state index in [9.17, 15) is 4.79 Å². The predicted octanol–water partition coefficient (Wildman–Crippen LogP) is 2.69. The number of rotatable bonds is 3. The van der Waals surface area contributed by atoms with Crippen LogP contribution in [0.4, 0.5) is 0 Å². The molecule has 0 atom stereocenters. The van der Waals surface area contributed by atoms with Crippen LogP contribution in [0.1, 0.15) is 20.9 Å². The lowest BCUT2D eigenvalue weighted by atomic mass is 10.1. The van der Waals surface area contributed by atoms with Gasteiger partial charge in [0.1, 0.15) is 5.75 Å². The van der Waals surface area contributed by atoms with E-state index in [1.54, 1.807) is 24.8 Å². The molecular formula is C12H11NO2S. The highest BCUT2D eigenvalue weighted by atomic mass is 32.1. The number of nitrogens with zero attached hydrogens (tertiary/aromatic N) is 1. The molecular weight excluding hydrogens is 222 g/mol. The van der Waals surface area contributed by atoms with Crippen LogP contribution in [-0.2, 0) is 0 Å². The summed E-state index contributed by atoms with van der Waals surface area (Å²) in [6, 6.07) is 7.21. The second kappa shape index (κ2) is 4.45. The van der Waals surface area contributed by atoms with Crippen molar-refractivity contribution in [3.63, 3.8) is 0 Å². The van der Waals surface area contributed by atoms with Crippen molar-refractivity contribution in [2.75, 3.05) is 7.11 Å². The average Bonchev–Trinajstić information content (AvgIpc) is 2.74. The van der Waals surface area contributed by atoms with Crippen molar-refractivity contribution in [3.05, 3.63) is 45.9 Å². The Balaban J connectivity index is 2.46. The molecule has 0 aliphatic rings. The first kappa shape index (κ1) is 10.8. The van der Waals surface area contributed by atoms with Crippen molar-refractivity contribution in [1.82, 2.24) is 4.98 Å². The number of carbonyl (C=O) groups excluding carboxylic acids is 1. The second-order valence-electron chi connectivity index (χ2n) is 3.30. The van der Waals surface area contributed by atoms with Crippen LogP contribution in [0.15, 0.2) is 29.8 Å². The summed E-state index contributed by atoms with van der Waals surface area (Å²) in [7, 11) is 1.56. The van der Waals surface area contributed by atoms with Gasteiger partial charge in [-0.1, -0.05) is 12.1 Å². The Kier molecular flexibility index (Phi) is 3.01. The summed E-state index contributed by atoms with van der Waals surface area (Å²) in [6.07, 6.45) is 0. The van der Waals surface area contributed by atoms with Crippen LogP contribution in [0.3, 0.4) is 0 Å². The summed E-state index contributed by atoms with van der Waals surface area (Å²) in [6.45, 7) is 1.83. The molecule has 82 valence electrons. The number of ketones is 1. The van der Waals surface area contributed by atoms with E-state index in [1.807, 2.05) is 19.1 Å². The van der Waals surface area contributed by atoms with Gasteiger partial charge in [-0.05, 0) is 19.1 Å². The molecule has 0 aliphatic carbocycles. The van der Waals surface area contributed by atoms with E-state index < -0.39 is 0 Å². The van der Waals surface area contributed by atoms with Gasteiger partial charge >= 0.3 is 0 Å². The van der Waals surface area contributed by atoms with Gasteiger partial charge in [0.05, 0.1) is 28.8 Å². The number of ether oxygens (including phenoxy) is 1. The average molecular weight is 233 g/mol. The summed E-state index contributed by atoms with van der Waals surface area (Å²) in [5, 5.41) is 0. The van der Waals surface area contributed by atoms with Crippen molar-refractivity contribution in [3.8, 4) is 5.75 Å². The first-order chi connectivity index (χ1) is 7.74. The molecule has 0 radical (unpaired) electrons. The third-order valence-corrected chi connectivity index (χ3v) is 3.23. The molecule has 0 saturated carbocycles. The van der Waals surface area contributed by atoms with Crippen LogP contribution in [0.25, 0.3) is 0 Å². The minimum absolute atomic E-state index is 0.0301. The van der Waals surface area contributed by atoms with Gasteiger partial charge in [-0.25, -0.2) is 4.98 Å². The maximum atomic E-state index is 12.2. The minimum Gasteiger partial charge on any atom is -0.496 e. The van der Waals surface area contributed by atoms with Crippen LogP contribution in [0.2, 0.25) is 0 Å². The summed E-state index contributed by atoms with van der Waals surface area (Å²) < 4.78 is 5.17. The largest absolute Gasteiger partial charge is 0.496 e. The van der Waals surface area contributed by atoms with Crippen molar-refractivity contribution < 1.29 is 9.53 Å². The Hall–Kier alpha value is -1.68. The van der Waals surface area contributed by atoms with E-state index in [0.29, 0.717) is 16.2 Å². The highest BCUT2D eigenvalue weighted by molar-refractivity contribution is 7.12. The number of aryl methyl sites for hydroxylation is 1. The number of benzene rings is 1. The lowest BCUT2D eigenvalue weighted by molar-refractivity contribution is 0.103.